The minimum atomic E-state index is -3.02. The van der Waals surface area contributed by atoms with E-state index < -0.39 is 12.6 Å². The molecule has 3 nitrogen and oxygen atoms in total. The SMILES string of the molecule is COC(=O)c1cc(C)cc(CCl)c1OC(F)F. The van der Waals surface area contributed by atoms with Crippen LogP contribution in [-0.4, -0.2) is 19.7 Å². The Morgan fingerprint density at radius 1 is 1.47 bits per heavy atom. The maximum absolute atomic E-state index is 12.3. The number of hydrogen-bond donors (Lipinski definition) is 0. The maximum Gasteiger partial charge on any atom is 0.387 e. The van der Waals surface area contributed by atoms with Gasteiger partial charge in [0.05, 0.1) is 13.0 Å². The number of halogens is 3. The van der Waals surface area contributed by atoms with E-state index in [1.165, 1.54) is 6.07 Å². The third-order valence-electron chi connectivity index (χ3n) is 2.07. The molecule has 0 aliphatic carbocycles. The molecule has 0 unspecified atom stereocenters. The monoisotopic (exact) mass is 264 g/mol. The van der Waals surface area contributed by atoms with Gasteiger partial charge >= 0.3 is 12.6 Å². The molecule has 0 aliphatic heterocycles. The van der Waals surface area contributed by atoms with Crippen LogP contribution in [0.2, 0.25) is 0 Å². The Morgan fingerprint density at radius 3 is 2.59 bits per heavy atom. The van der Waals surface area contributed by atoms with Crippen LogP contribution >= 0.6 is 11.6 Å². The van der Waals surface area contributed by atoms with Crippen LogP contribution in [0.1, 0.15) is 21.5 Å². The largest absolute Gasteiger partial charge is 0.465 e. The second kappa shape index (κ2) is 5.82. The Hall–Kier alpha value is -1.36. The van der Waals surface area contributed by atoms with Gasteiger partial charge < -0.3 is 9.47 Å². The average Bonchev–Trinajstić information content (AvgIpc) is 2.29. The first-order valence-corrected chi connectivity index (χ1v) is 5.25. The fourth-order valence-electron chi connectivity index (χ4n) is 1.44. The Morgan fingerprint density at radius 2 is 2.12 bits per heavy atom. The first kappa shape index (κ1) is 13.7. The van der Waals surface area contributed by atoms with Crippen LogP contribution < -0.4 is 4.74 Å². The predicted octanol–water partition coefficient (Wildman–Crippen LogP) is 3.12. The van der Waals surface area contributed by atoms with Crippen molar-refractivity contribution in [1.29, 1.82) is 0 Å². The Labute approximate surface area is 102 Å². The van der Waals surface area contributed by atoms with Gasteiger partial charge in [0, 0.05) is 5.56 Å². The number of hydrogen-bond acceptors (Lipinski definition) is 3. The van der Waals surface area contributed by atoms with Crippen molar-refractivity contribution in [2.45, 2.75) is 19.4 Å². The normalized spacial score (nSPS) is 10.5. The maximum atomic E-state index is 12.3. The van der Waals surface area contributed by atoms with Crippen molar-refractivity contribution in [1.82, 2.24) is 0 Å². The quantitative estimate of drug-likeness (QED) is 0.619. The summed E-state index contributed by atoms with van der Waals surface area (Å²) < 4.78 is 33.4. The summed E-state index contributed by atoms with van der Waals surface area (Å²) in [6.07, 6.45) is 0. The van der Waals surface area contributed by atoms with Gasteiger partial charge in [0.1, 0.15) is 11.3 Å². The first-order chi connectivity index (χ1) is 7.99. The minimum Gasteiger partial charge on any atom is -0.465 e. The van der Waals surface area contributed by atoms with Gasteiger partial charge in [-0.3, -0.25) is 0 Å². The van der Waals surface area contributed by atoms with Crippen molar-refractivity contribution in [3.8, 4) is 5.75 Å². The molecule has 0 saturated carbocycles. The summed E-state index contributed by atoms with van der Waals surface area (Å²) in [4.78, 5) is 11.4. The summed E-state index contributed by atoms with van der Waals surface area (Å²) in [5.41, 5.74) is 0.985. The van der Waals surface area contributed by atoms with Crippen LogP contribution in [0.5, 0.6) is 5.75 Å². The highest BCUT2D eigenvalue weighted by molar-refractivity contribution is 6.17. The molecule has 17 heavy (non-hydrogen) atoms. The van der Waals surface area contributed by atoms with Crippen LogP contribution in [0.4, 0.5) is 8.78 Å². The zero-order valence-electron chi connectivity index (χ0n) is 9.30. The Bertz CT molecular complexity index is 421. The molecular formula is C11H11ClF2O3. The number of carbonyl (C=O) groups is 1. The summed E-state index contributed by atoms with van der Waals surface area (Å²) in [7, 11) is 1.16. The lowest BCUT2D eigenvalue weighted by Gasteiger charge is -2.14. The van der Waals surface area contributed by atoms with Crippen LogP contribution in [0, 0.1) is 6.92 Å². The van der Waals surface area contributed by atoms with Crippen molar-refractivity contribution < 1.29 is 23.0 Å². The van der Waals surface area contributed by atoms with E-state index in [9.17, 15) is 13.6 Å². The summed E-state index contributed by atoms with van der Waals surface area (Å²) in [6.45, 7) is -1.31. The summed E-state index contributed by atoms with van der Waals surface area (Å²) >= 11 is 5.63. The highest BCUT2D eigenvalue weighted by Gasteiger charge is 2.20. The molecule has 0 amide bonds. The molecule has 1 rings (SSSR count). The number of ether oxygens (including phenoxy) is 2. The van der Waals surface area contributed by atoms with Gasteiger partial charge in [0.15, 0.2) is 0 Å². The van der Waals surface area contributed by atoms with E-state index in [2.05, 4.69) is 9.47 Å². The molecule has 0 aromatic heterocycles. The van der Waals surface area contributed by atoms with E-state index >= 15 is 0 Å². The van der Waals surface area contributed by atoms with Crippen LogP contribution in [0.25, 0.3) is 0 Å². The standard InChI is InChI=1S/C11H11ClF2O3/c1-6-3-7(5-12)9(17-11(13)14)8(4-6)10(15)16-2/h3-4,11H,5H2,1-2H3. The molecule has 6 heteroatoms. The van der Waals surface area contributed by atoms with Gasteiger partial charge in [0.2, 0.25) is 0 Å². The minimum absolute atomic E-state index is 0.0340. The van der Waals surface area contributed by atoms with Crippen molar-refractivity contribution in [2.75, 3.05) is 7.11 Å². The van der Waals surface area contributed by atoms with Crippen molar-refractivity contribution >= 4 is 17.6 Å². The molecule has 0 N–H and O–H groups in total. The third kappa shape index (κ3) is 3.30. The Kier molecular flexibility index (Phi) is 4.69. The van der Waals surface area contributed by atoms with Gasteiger partial charge in [-0.2, -0.15) is 8.78 Å². The number of rotatable bonds is 4. The number of esters is 1. The first-order valence-electron chi connectivity index (χ1n) is 4.72. The number of carbonyl (C=O) groups excluding carboxylic acids is 1. The van der Waals surface area contributed by atoms with E-state index in [-0.39, 0.29) is 17.2 Å². The summed E-state index contributed by atoms with van der Waals surface area (Å²) in [5.74, 6) is -1.00. The van der Waals surface area contributed by atoms with E-state index in [1.807, 2.05) is 0 Å². The molecule has 0 aliphatic rings. The second-order valence-electron chi connectivity index (χ2n) is 3.30. The van der Waals surface area contributed by atoms with Crippen LogP contribution in [0.3, 0.4) is 0 Å². The van der Waals surface area contributed by atoms with Gasteiger partial charge in [-0.15, -0.1) is 11.6 Å². The zero-order valence-corrected chi connectivity index (χ0v) is 10.1. The molecule has 0 saturated heterocycles. The van der Waals surface area contributed by atoms with Gasteiger partial charge in [0.25, 0.3) is 0 Å². The fourth-order valence-corrected chi connectivity index (χ4v) is 1.64. The van der Waals surface area contributed by atoms with E-state index in [0.717, 1.165) is 7.11 Å². The zero-order chi connectivity index (χ0) is 13.0. The second-order valence-corrected chi connectivity index (χ2v) is 3.57. The van der Waals surface area contributed by atoms with E-state index in [4.69, 9.17) is 11.6 Å². The smallest absolute Gasteiger partial charge is 0.387 e. The van der Waals surface area contributed by atoms with Gasteiger partial charge in [-0.1, -0.05) is 6.07 Å². The van der Waals surface area contributed by atoms with Crippen LogP contribution in [0.15, 0.2) is 12.1 Å². The highest BCUT2D eigenvalue weighted by atomic mass is 35.5. The topological polar surface area (TPSA) is 35.5 Å². The van der Waals surface area contributed by atoms with Crippen molar-refractivity contribution in [3.63, 3.8) is 0 Å². The summed E-state index contributed by atoms with van der Waals surface area (Å²) in [5, 5.41) is 0. The predicted molar refractivity (Wildman–Crippen MR) is 58.7 cm³/mol. The molecule has 0 atom stereocenters. The molecule has 0 heterocycles. The molecule has 0 fully saturated rings. The Balaban J connectivity index is 3.33. The number of methoxy groups -OCH3 is 1. The lowest BCUT2D eigenvalue weighted by molar-refractivity contribution is -0.0509. The third-order valence-corrected chi connectivity index (χ3v) is 2.35. The highest BCUT2D eigenvalue weighted by Crippen LogP contribution is 2.29. The fraction of sp³-hybridized carbons (Fsp3) is 0.364. The van der Waals surface area contributed by atoms with E-state index in [1.54, 1.807) is 13.0 Å². The van der Waals surface area contributed by atoms with Gasteiger partial charge in [-0.25, -0.2) is 4.79 Å². The lowest BCUT2D eigenvalue weighted by atomic mass is 10.1. The van der Waals surface area contributed by atoms with Crippen molar-refractivity contribution in [2.24, 2.45) is 0 Å². The molecule has 1 aromatic carbocycles. The summed E-state index contributed by atoms with van der Waals surface area (Å²) in [6, 6.07) is 3.00. The molecule has 0 spiro atoms. The number of alkyl halides is 3. The van der Waals surface area contributed by atoms with Crippen LogP contribution in [-0.2, 0) is 10.6 Å². The number of benzene rings is 1. The molecular weight excluding hydrogens is 254 g/mol. The van der Waals surface area contributed by atoms with Crippen molar-refractivity contribution in [3.05, 3.63) is 28.8 Å². The molecule has 0 bridgehead atoms. The molecule has 94 valence electrons. The molecule has 1 aromatic rings. The van der Waals surface area contributed by atoms with Gasteiger partial charge in [-0.05, 0) is 18.6 Å². The number of aryl methyl sites for hydroxylation is 1. The average molecular weight is 265 g/mol. The molecule has 0 radical (unpaired) electrons. The van der Waals surface area contributed by atoms with E-state index in [0.29, 0.717) is 11.1 Å². The lowest BCUT2D eigenvalue weighted by Crippen LogP contribution is -2.11.